The minimum absolute atomic E-state index is 0.686. The van der Waals surface area contributed by atoms with Crippen LogP contribution in [0.15, 0.2) is 30.3 Å². The highest BCUT2D eigenvalue weighted by molar-refractivity contribution is 5.56. The molecule has 0 fully saturated rings. The van der Waals surface area contributed by atoms with E-state index < -0.39 is 0 Å². The Morgan fingerprint density at radius 3 is 2.92 bits per heavy atom. The van der Waals surface area contributed by atoms with Gasteiger partial charge in [-0.2, -0.15) is 0 Å². The van der Waals surface area contributed by atoms with Gasteiger partial charge in [0.1, 0.15) is 0 Å². The first-order valence-corrected chi connectivity index (χ1v) is 4.30. The van der Waals surface area contributed by atoms with E-state index in [1.165, 1.54) is 0 Å². The number of hydrogen-bond acceptors (Lipinski definition) is 3. The molecule has 0 aliphatic carbocycles. The van der Waals surface area contributed by atoms with E-state index in [4.69, 9.17) is 11.6 Å². The number of nitrogen functional groups attached to an aromatic ring is 1. The molecule has 0 heterocycles. The van der Waals surface area contributed by atoms with Crippen molar-refractivity contribution < 1.29 is 0 Å². The van der Waals surface area contributed by atoms with E-state index in [2.05, 4.69) is 11.5 Å². The number of benzene rings is 1. The average Bonchev–Trinajstić information content (AvgIpc) is 2.19. The van der Waals surface area contributed by atoms with E-state index in [9.17, 15) is 0 Å². The molecule has 1 aromatic rings. The van der Waals surface area contributed by atoms with Crippen LogP contribution >= 0.6 is 0 Å². The Bertz CT molecular complexity index is 281. The molecule has 70 valence electrons. The molecule has 0 bridgehead atoms. The summed E-state index contributed by atoms with van der Waals surface area (Å²) in [6.07, 6.45) is 4.99. The first-order chi connectivity index (χ1) is 6.36. The lowest BCUT2D eigenvalue weighted by atomic mass is 10.2. The van der Waals surface area contributed by atoms with Gasteiger partial charge in [-0.25, -0.2) is 0 Å². The zero-order valence-electron chi connectivity index (χ0n) is 7.53. The minimum Gasteiger partial charge on any atom is -0.330 e. The summed E-state index contributed by atoms with van der Waals surface area (Å²) in [6.45, 7) is 0.686. The second-order valence-electron chi connectivity index (χ2n) is 2.75. The third-order valence-electron chi connectivity index (χ3n) is 1.70. The van der Waals surface area contributed by atoms with Crippen molar-refractivity contribution in [2.45, 2.75) is 6.42 Å². The molecule has 0 aliphatic rings. The summed E-state index contributed by atoms with van der Waals surface area (Å²) >= 11 is 0. The quantitative estimate of drug-likeness (QED) is 0.480. The predicted octanol–water partition coefficient (Wildman–Crippen LogP) is 1.33. The van der Waals surface area contributed by atoms with E-state index in [0.717, 1.165) is 17.7 Å². The maximum atomic E-state index is 5.37. The summed E-state index contributed by atoms with van der Waals surface area (Å²) in [5.74, 6) is 5.28. The zero-order chi connectivity index (χ0) is 9.52. The van der Waals surface area contributed by atoms with Crippen LogP contribution in [0, 0.1) is 0 Å². The van der Waals surface area contributed by atoms with Gasteiger partial charge in [-0.1, -0.05) is 24.3 Å². The molecular formula is C10H15N3. The minimum atomic E-state index is 0.686. The van der Waals surface area contributed by atoms with Crippen LogP contribution in [0.2, 0.25) is 0 Å². The van der Waals surface area contributed by atoms with Crippen molar-refractivity contribution >= 4 is 11.8 Å². The Kier molecular flexibility index (Phi) is 4.02. The Morgan fingerprint density at radius 1 is 1.38 bits per heavy atom. The lowest BCUT2D eigenvalue weighted by Gasteiger charge is -1.99. The molecule has 13 heavy (non-hydrogen) atoms. The van der Waals surface area contributed by atoms with Crippen molar-refractivity contribution in [3.63, 3.8) is 0 Å². The van der Waals surface area contributed by atoms with Gasteiger partial charge in [0.25, 0.3) is 0 Å². The number of hydrogen-bond donors (Lipinski definition) is 3. The van der Waals surface area contributed by atoms with Crippen LogP contribution in [0.25, 0.3) is 6.08 Å². The molecule has 0 radical (unpaired) electrons. The van der Waals surface area contributed by atoms with Crippen LogP contribution in [0.1, 0.15) is 12.0 Å². The fourth-order valence-electron chi connectivity index (χ4n) is 1.05. The van der Waals surface area contributed by atoms with Crippen molar-refractivity contribution in [3.05, 3.63) is 35.9 Å². The van der Waals surface area contributed by atoms with Gasteiger partial charge < -0.3 is 11.2 Å². The molecule has 0 unspecified atom stereocenters. The molecule has 0 aromatic heterocycles. The number of nitrogens with one attached hydrogen (secondary N) is 1. The molecule has 0 amide bonds. The van der Waals surface area contributed by atoms with Crippen LogP contribution in [-0.2, 0) is 0 Å². The van der Waals surface area contributed by atoms with Crippen LogP contribution in [0.5, 0.6) is 0 Å². The summed E-state index contributed by atoms with van der Waals surface area (Å²) in [5.41, 5.74) is 10.0. The van der Waals surface area contributed by atoms with Gasteiger partial charge in [-0.05, 0) is 30.7 Å². The van der Waals surface area contributed by atoms with Crippen molar-refractivity contribution in [1.82, 2.24) is 0 Å². The smallest absolute Gasteiger partial charge is 0.0491 e. The second-order valence-corrected chi connectivity index (χ2v) is 2.75. The van der Waals surface area contributed by atoms with Gasteiger partial charge in [-0.3, -0.25) is 5.84 Å². The van der Waals surface area contributed by atoms with Gasteiger partial charge in [0, 0.05) is 5.69 Å². The summed E-state index contributed by atoms with van der Waals surface area (Å²) in [5, 5.41) is 0. The third-order valence-corrected chi connectivity index (χ3v) is 1.70. The fraction of sp³-hybridized carbons (Fsp3) is 0.200. The normalized spacial score (nSPS) is 10.6. The van der Waals surface area contributed by atoms with Gasteiger partial charge in [-0.15, -0.1) is 0 Å². The monoisotopic (exact) mass is 177 g/mol. The highest BCUT2D eigenvalue weighted by atomic mass is 15.2. The standard InChI is InChI=1S/C10H15N3/c11-7-2-1-4-9-5-3-6-10(8-9)13-12/h1,3-6,8,13H,2,7,11-12H2. The van der Waals surface area contributed by atoms with Gasteiger partial charge >= 0.3 is 0 Å². The molecule has 5 N–H and O–H groups in total. The summed E-state index contributed by atoms with van der Waals surface area (Å²) in [4.78, 5) is 0. The number of hydrazine groups is 1. The molecule has 0 saturated heterocycles. The lowest BCUT2D eigenvalue weighted by Crippen LogP contribution is -2.06. The van der Waals surface area contributed by atoms with Crippen LogP contribution < -0.4 is 17.0 Å². The van der Waals surface area contributed by atoms with Gasteiger partial charge in [0.2, 0.25) is 0 Å². The lowest BCUT2D eigenvalue weighted by molar-refractivity contribution is 1.01. The Morgan fingerprint density at radius 2 is 2.23 bits per heavy atom. The van der Waals surface area contributed by atoms with Crippen molar-refractivity contribution in [3.8, 4) is 0 Å². The molecule has 0 spiro atoms. The van der Waals surface area contributed by atoms with E-state index in [-0.39, 0.29) is 0 Å². The molecule has 0 atom stereocenters. The summed E-state index contributed by atoms with van der Waals surface area (Å²) < 4.78 is 0. The fourth-order valence-corrected chi connectivity index (χ4v) is 1.05. The van der Waals surface area contributed by atoms with E-state index in [1.54, 1.807) is 0 Å². The Hall–Kier alpha value is -1.32. The second kappa shape index (κ2) is 5.35. The maximum Gasteiger partial charge on any atom is 0.0491 e. The molecule has 1 aromatic carbocycles. The first kappa shape index (κ1) is 9.77. The molecular weight excluding hydrogens is 162 g/mol. The zero-order valence-corrected chi connectivity index (χ0v) is 7.53. The van der Waals surface area contributed by atoms with Crippen LogP contribution in [0.3, 0.4) is 0 Å². The van der Waals surface area contributed by atoms with Gasteiger partial charge in [0.15, 0.2) is 0 Å². The van der Waals surface area contributed by atoms with Crippen LogP contribution in [-0.4, -0.2) is 6.54 Å². The SMILES string of the molecule is NCCC=Cc1cccc(NN)c1. The molecule has 3 nitrogen and oxygen atoms in total. The van der Waals surface area contributed by atoms with Crippen molar-refractivity contribution in [1.29, 1.82) is 0 Å². The molecule has 0 aliphatic heterocycles. The average molecular weight is 177 g/mol. The van der Waals surface area contributed by atoms with Crippen LogP contribution in [0.4, 0.5) is 5.69 Å². The third kappa shape index (κ3) is 3.27. The summed E-state index contributed by atoms with van der Waals surface area (Å²) in [7, 11) is 0. The Balaban J connectivity index is 2.66. The van der Waals surface area contributed by atoms with Crippen molar-refractivity contribution in [2.75, 3.05) is 12.0 Å². The Labute approximate surface area is 78.4 Å². The van der Waals surface area contributed by atoms with Gasteiger partial charge in [0.05, 0.1) is 0 Å². The molecule has 1 rings (SSSR count). The molecule has 0 saturated carbocycles. The highest BCUT2D eigenvalue weighted by Gasteiger charge is 1.88. The maximum absolute atomic E-state index is 5.37. The molecule has 3 heteroatoms. The predicted molar refractivity (Wildman–Crippen MR) is 57.0 cm³/mol. The highest BCUT2D eigenvalue weighted by Crippen LogP contribution is 2.10. The number of rotatable bonds is 4. The summed E-state index contributed by atoms with van der Waals surface area (Å²) in [6, 6.07) is 7.87. The topological polar surface area (TPSA) is 64.1 Å². The first-order valence-electron chi connectivity index (χ1n) is 4.30. The number of nitrogens with two attached hydrogens (primary N) is 2. The van der Waals surface area contributed by atoms with E-state index in [0.29, 0.717) is 6.54 Å². The number of anilines is 1. The van der Waals surface area contributed by atoms with E-state index >= 15 is 0 Å². The largest absolute Gasteiger partial charge is 0.330 e. The van der Waals surface area contributed by atoms with E-state index in [1.807, 2.05) is 30.3 Å². The van der Waals surface area contributed by atoms with Crippen molar-refractivity contribution in [2.24, 2.45) is 11.6 Å².